The van der Waals surface area contributed by atoms with Crippen LogP contribution in [0.1, 0.15) is 36.0 Å². The highest BCUT2D eigenvalue weighted by Gasteiger charge is 2.31. The van der Waals surface area contributed by atoms with Crippen LogP contribution in [-0.4, -0.2) is 62.6 Å². The van der Waals surface area contributed by atoms with Crippen molar-refractivity contribution in [1.29, 1.82) is 0 Å². The molecule has 2 aromatic rings. The van der Waals surface area contributed by atoms with Crippen molar-refractivity contribution in [2.75, 3.05) is 32.4 Å². The summed E-state index contributed by atoms with van der Waals surface area (Å²) < 4.78 is 38.1. The van der Waals surface area contributed by atoms with Gasteiger partial charge in [0.2, 0.25) is 0 Å². The Morgan fingerprint density at radius 3 is 2.37 bits per heavy atom. The maximum atomic E-state index is 14.8. The SMILES string of the molecule is CS(=O)(=O)c1ccc(-c2ccc(C(=O)N3CCC[C@H]3CN3CCCC3)cc2F)cc1. The highest BCUT2D eigenvalue weighted by Crippen LogP contribution is 2.27. The summed E-state index contributed by atoms with van der Waals surface area (Å²) >= 11 is 0. The lowest BCUT2D eigenvalue weighted by Crippen LogP contribution is -2.42. The Balaban J connectivity index is 1.51. The molecule has 7 heteroatoms. The monoisotopic (exact) mass is 430 g/mol. The molecule has 5 nitrogen and oxygen atoms in total. The second-order valence-corrected chi connectivity index (χ2v) is 10.3. The molecule has 0 unspecified atom stereocenters. The van der Waals surface area contributed by atoms with Crippen molar-refractivity contribution >= 4 is 15.7 Å². The standard InChI is InChI=1S/C23H27FN2O3S/c1-30(28,29)20-9-6-17(7-10-20)21-11-8-18(15-22(21)24)23(27)26-14-4-5-19(26)16-25-12-2-3-13-25/h6-11,15,19H,2-5,12-14,16H2,1H3/t19-/m0/s1. The van der Waals surface area contributed by atoms with E-state index in [9.17, 15) is 17.6 Å². The molecule has 2 heterocycles. The average Bonchev–Trinajstić information content (AvgIpc) is 3.39. The second kappa shape index (κ2) is 8.47. The molecule has 2 aliphatic rings. The van der Waals surface area contributed by atoms with E-state index in [0.717, 1.165) is 38.7 Å². The molecule has 2 fully saturated rings. The highest BCUT2D eigenvalue weighted by atomic mass is 32.2. The first kappa shape index (κ1) is 21.0. The summed E-state index contributed by atoms with van der Waals surface area (Å²) in [5.41, 5.74) is 1.28. The van der Waals surface area contributed by atoms with Crippen molar-refractivity contribution in [3.8, 4) is 11.1 Å². The first-order valence-electron chi connectivity index (χ1n) is 10.5. The van der Waals surface area contributed by atoms with E-state index in [2.05, 4.69) is 4.90 Å². The topological polar surface area (TPSA) is 57.7 Å². The van der Waals surface area contributed by atoms with E-state index in [1.165, 1.54) is 31.0 Å². The molecule has 30 heavy (non-hydrogen) atoms. The smallest absolute Gasteiger partial charge is 0.254 e. The number of sulfone groups is 1. The van der Waals surface area contributed by atoms with Crippen LogP contribution in [0.5, 0.6) is 0 Å². The van der Waals surface area contributed by atoms with Crippen molar-refractivity contribution in [3.63, 3.8) is 0 Å². The van der Waals surface area contributed by atoms with Gasteiger partial charge in [0.1, 0.15) is 5.82 Å². The summed E-state index contributed by atoms with van der Waals surface area (Å²) in [6, 6.07) is 10.9. The van der Waals surface area contributed by atoms with E-state index in [0.29, 0.717) is 23.2 Å². The van der Waals surface area contributed by atoms with Gasteiger partial charge >= 0.3 is 0 Å². The minimum Gasteiger partial charge on any atom is -0.334 e. The zero-order valence-electron chi connectivity index (χ0n) is 17.2. The fourth-order valence-corrected chi connectivity index (χ4v) is 5.12. The molecule has 2 aliphatic heterocycles. The van der Waals surface area contributed by atoms with Crippen molar-refractivity contribution in [2.24, 2.45) is 0 Å². The first-order chi connectivity index (χ1) is 14.3. The third-order valence-corrected chi connectivity index (χ3v) is 7.24. The summed E-state index contributed by atoms with van der Waals surface area (Å²) in [5.74, 6) is -0.599. The van der Waals surface area contributed by atoms with Gasteiger partial charge in [-0.15, -0.1) is 0 Å². The first-order valence-corrected chi connectivity index (χ1v) is 12.4. The van der Waals surface area contributed by atoms with Crippen molar-refractivity contribution in [3.05, 3.63) is 53.8 Å². The molecule has 2 saturated heterocycles. The summed E-state index contributed by atoms with van der Waals surface area (Å²) in [4.78, 5) is 17.6. The normalized spacial score (nSPS) is 20.1. The van der Waals surface area contributed by atoms with Crippen molar-refractivity contribution in [2.45, 2.75) is 36.6 Å². The van der Waals surface area contributed by atoms with Crippen LogP contribution >= 0.6 is 0 Å². The number of carbonyl (C=O) groups excluding carboxylic acids is 1. The zero-order chi connectivity index (χ0) is 21.3. The Bertz CT molecular complexity index is 1030. The Labute approximate surface area is 177 Å². The van der Waals surface area contributed by atoms with E-state index in [4.69, 9.17) is 0 Å². The van der Waals surface area contributed by atoms with Gasteiger partial charge in [0.05, 0.1) is 4.90 Å². The lowest BCUT2D eigenvalue weighted by atomic mass is 10.0. The third-order valence-electron chi connectivity index (χ3n) is 6.12. The third kappa shape index (κ3) is 4.42. The van der Waals surface area contributed by atoms with Gasteiger partial charge in [-0.25, -0.2) is 12.8 Å². The Hall–Kier alpha value is -2.25. The van der Waals surface area contributed by atoms with Crippen LogP contribution in [0.4, 0.5) is 4.39 Å². The number of amides is 1. The molecule has 0 aliphatic carbocycles. The summed E-state index contributed by atoms with van der Waals surface area (Å²) in [5, 5.41) is 0. The highest BCUT2D eigenvalue weighted by molar-refractivity contribution is 7.90. The lowest BCUT2D eigenvalue weighted by molar-refractivity contribution is 0.0708. The van der Waals surface area contributed by atoms with Crippen molar-refractivity contribution in [1.82, 2.24) is 9.80 Å². The van der Waals surface area contributed by atoms with Gasteiger partial charge in [0.25, 0.3) is 5.91 Å². The number of rotatable bonds is 5. The van der Waals surface area contributed by atoms with E-state index in [-0.39, 0.29) is 16.8 Å². The van der Waals surface area contributed by atoms with Gasteiger partial charge in [0, 0.05) is 36.5 Å². The maximum Gasteiger partial charge on any atom is 0.254 e. The van der Waals surface area contributed by atoms with Gasteiger partial charge in [-0.3, -0.25) is 4.79 Å². The molecule has 1 atom stereocenters. The Kier molecular flexibility index (Phi) is 5.93. The van der Waals surface area contributed by atoms with Crippen LogP contribution < -0.4 is 0 Å². The minimum atomic E-state index is -3.30. The molecule has 0 radical (unpaired) electrons. The minimum absolute atomic E-state index is 0.116. The Morgan fingerprint density at radius 1 is 1.03 bits per heavy atom. The molecule has 0 bridgehead atoms. The number of hydrogen-bond acceptors (Lipinski definition) is 4. The number of nitrogens with zero attached hydrogens (tertiary/aromatic N) is 2. The fraction of sp³-hybridized carbons (Fsp3) is 0.435. The number of hydrogen-bond donors (Lipinski definition) is 0. The van der Waals surface area contributed by atoms with E-state index in [1.54, 1.807) is 24.3 Å². The molecule has 0 aromatic heterocycles. The number of halogens is 1. The summed E-state index contributed by atoms with van der Waals surface area (Å²) in [6.45, 7) is 3.81. The van der Waals surface area contributed by atoms with Gasteiger partial charge < -0.3 is 9.80 Å². The molecule has 0 saturated carbocycles. The van der Waals surface area contributed by atoms with Gasteiger partial charge in [0.15, 0.2) is 9.84 Å². The number of benzene rings is 2. The van der Waals surface area contributed by atoms with Crippen LogP contribution in [0, 0.1) is 5.82 Å². The second-order valence-electron chi connectivity index (χ2n) is 8.29. The molecule has 0 spiro atoms. The van der Waals surface area contributed by atoms with Crippen LogP contribution in [-0.2, 0) is 9.84 Å². The number of likely N-dealkylation sites (tertiary alicyclic amines) is 2. The van der Waals surface area contributed by atoms with E-state index < -0.39 is 15.7 Å². The molecule has 2 aromatic carbocycles. The molecule has 1 amide bonds. The summed E-state index contributed by atoms with van der Waals surface area (Å²) in [6.07, 6.45) is 5.56. The predicted octanol–water partition coefficient (Wildman–Crippen LogP) is 3.60. The van der Waals surface area contributed by atoms with Crippen LogP contribution in [0.25, 0.3) is 11.1 Å². The van der Waals surface area contributed by atoms with Crippen molar-refractivity contribution < 1.29 is 17.6 Å². The molecule has 160 valence electrons. The zero-order valence-corrected chi connectivity index (χ0v) is 18.0. The van der Waals surface area contributed by atoms with Gasteiger partial charge in [-0.1, -0.05) is 18.2 Å². The molecular formula is C23H27FN2O3S. The van der Waals surface area contributed by atoms with Crippen LogP contribution in [0.15, 0.2) is 47.4 Å². The largest absolute Gasteiger partial charge is 0.334 e. The predicted molar refractivity (Wildman–Crippen MR) is 115 cm³/mol. The quantitative estimate of drug-likeness (QED) is 0.727. The molecule has 0 N–H and O–H groups in total. The van der Waals surface area contributed by atoms with Gasteiger partial charge in [-0.2, -0.15) is 0 Å². The van der Waals surface area contributed by atoms with E-state index in [1.807, 2.05) is 4.90 Å². The number of carbonyl (C=O) groups is 1. The van der Waals surface area contributed by atoms with Gasteiger partial charge in [-0.05, 0) is 68.6 Å². The molecule has 4 rings (SSSR count). The average molecular weight is 431 g/mol. The van der Waals surface area contributed by atoms with E-state index >= 15 is 0 Å². The molecular weight excluding hydrogens is 403 g/mol. The summed E-state index contributed by atoms with van der Waals surface area (Å²) in [7, 11) is -3.30. The Morgan fingerprint density at radius 2 is 1.73 bits per heavy atom. The van der Waals surface area contributed by atoms with Crippen LogP contribution in [0.2, 0.25) is 0 Å². The fourth-order valence-electron chi connectivity index (χ4n) is 4.49. The van der Waals surface area contributed by atoms with Crippen LogP contribution in [0.3, 0.4) is 0 Å². The maximum absolute atomic E-state index is 14.8. The lowest BCUT2D eigenvalue weighted by Gasteiger charge is -2.28.